The quantitative estimate of drug-likeness (QED) is 0.110. The molecule has 3 heterocycles. The average Bonchev–Trinajstić information content (AvgIpc) is 3.57. The number of nitrogens with two attached hydrogens (primary N) is 1. The lowest BCUT2D eigenvalue weighted by Gasteiger charge is -2.33. The van der Waals surface area contributed by atoms with Crippen LogP contribution >= 0.6 is 0 Å². The van der Waals surface area contributed by atoms with E-state index in [-0.39, 0.29) is 24.8 Å². The predicted molar refractivity (Wildman–Crippen MR) is 188 cm³/mol. The fraction of sp³-hybridized carbons (Fsp3) is 0.667. The molecular formula is C36H55N9O3. The van der Waals surface area contributed by atoms with Crippen molar-refractivity contribution >= 4 is 34.5 Å². The van der Waals surface area contributed by atoms with Crippen molar-refractivity contribution in [2.24, 2.45) is 11.7 Å². The zero-order valence-corrected chi connectivity index (χ0v) is 28.5. The van der Waals surface area contributed by atoms with Gasteiger partial charge in [-0.2, -0.15) is 4.98 Å². The van der Waals surface area contributed by atoms with Crippen molar-refractivity contribution in [1.82, 2.24) is 29.9 Å². The van der Waals surface area contributed by atoms with E-state index in [0.717, 1.165) is 54.1 Å². The molecule has 1 aromatic carbocycles. The maximum atomic E-state index is 12.6. The molecule has 1 amide bonds. The molecule has 0 unspecified atom stereocenters. The molecule has 48 heavy (non-hydrogen) atoms. The zero-order valence-electron chi connectivity index (χ0n) is 28.5. The molecule has 1 aliphatic carbocycles. The Bertz CT molecular complexity index is 1430. The van der Waals surface area contributed by atoms with E-state index < -0.39 is 12.0 Å². The van der Waals surface area contributed by atoms with Crippen LogP contribution in [0.3, 0.4) is 0 Å². The Morgan fingerprint density at radius 3 is 2.44 bits per heavy atom. The third-order valence-electron chi connectivity index (χ3n) is 10.0. The number of likely N-dealkylation sites (tertiary alicyclic amines) is 1. The van der Waals surface area contributed by atoms with Crippen molar-refractivity contribution in [2.75, 3.05) is 23.7 Å². The number of hydrogen-bond donors (Lipinski definition) is 4. The van der Waals surface area contributed by atoms with Gasteiger partial charge in [-0.15, -0.1) is 5.10 Å². The third-order valence-corrected chi connectivity index (χ3v) is 10.0. The smallest absolute Gasteiger partial charge is 0.320 e. The molecule has 1 atom stereocenters. The Morgan fingerprint density at radius 2 is 1.67 bits per heavy atom. The van der Waals surface area contributed by atoms with Gasteiger partial charge in [-0.1, -0.05) is 94.4 Å². The first-order chi connectivity index (χ1) is 23.4. The number of carbonyl (C=O) groups excluding carboxylic acids is 1. The second-order valence-corrected chi connectivity index (χ2v) is 13.8. The van der Waals surface area contributed by atoms with Gasteiger partial charge in [0.1, 0.15) is 17.6 Å². The van der Waals surface area contributed by atoms with Crippen LogP contribution in [0.15, 0.2) is 30.5 Å². The van der Waals surface area contributed by atoms with Gasteiger partial charge in [-0.3, -0.25) is 14.3 Å². The number of rotatable bonds is 19. The Labute approximate surface area is 284 Å². The van der Waals surface area contributed by atoms with Crippen LogP contribution in [0.2, 0.25) is 0 Å². The van der Waals surface area contributed by atoms with Gasteiger partial charge in [0.05, 0.1) is 18.3 Å². The average molecular weight is 662 g/mol. The first-order valence-corrected chi connectivity index (χ1v) is 18.4. The summed E-state index contributed by atoms with van der Waals surface area (Å²) >= 11 is 0. The normalized spacial score (nSPS) is 16.6. The third kappa shape index (κ3) is 11.1. The van der Waals surface area contributed by atoms with Gasteiger partial charge >= 0.3 is 5.97 Å². The molecule has 2 aliphatic rings. The highest BCUT2D eigenvalue weighted by Crippen LogP contribution is 2.28. The van der Waals surface area contributed by atoms with E-state index in [1.807, 2.05) is 35.1 Å². The van der Waals surface area contributed by atoms with Gasteiger partial charge < -0.3 is 26.4 Å². The molecule has 262 valence electrons. The van der Waals surface area contributed by atoms with Crippen LogP contribution in [-0.2, 0) is 22.7 Å². The van der Waals surface area contributed by atoms with Crippen LogP contribution in [-0.4, -0.2) is 72.0 Å². The number of carbonyl (C=O) groups is 2. The molecule has 0 spiro atoms. The number of carboxylic acid groups (broad SMARTS) is 1. The van der Waals surface area contributed by atoms with Crippen LogP contribution < -0.4 is 16.4 Å². The van der Waals surface area contributed by atoms with Crippen LogP contribution in [0.25, 0.3) is 10.9 Å². The maximum absolute atomic E-state index is 12.6. The Hall–Kier alpha value is -3.80. The summed E-state index contributed by atoms with van der Waals surface area (Å²) in [5, 5.41) is 25.5. The number of amides is 1. The summed E-state index contributed by atoms with van der Waals surface area (Å²) in [7, 11) is 0. The van der Waals surface area contributed by atoms with Gasteiger partial charge in [0.25, 0.3) is 0 Å². The molecule has 12 heteroatoms. The Morgan fingerprint density at radius 1 is 0.938 bits per heavy atom. The van der Waals surface area contributed by atoms with E-state index in [2.05, 4.69) is 20.9 Å². The first-order valence-electron chi connectivity index (χ1n) is 18.4. The van der Waals surface area contributed by atoms with Crippen molar-refractivity contribution in [3.8, 4) is 0 Å². The molecule has 1 aliphatic heterocycles. The van der Waals surface area contributed by atoms with Crippen molar-refractivity contribution in [3.63, 3.8) is 0 Å². The molecule has 2 aromatic heterocycles. The molecule has 0 radical (unpaired) electrons. The van der Waals surface area contributed by atoms with E-state index in [4.69, 9.17) is 20.8 Å². The lowest BCUT2D eigenvalue weighted by Crippen LogP contribution is -2.43. The summed E-state index contributed by atoms with van der Waals surface area (Å²) in [6, 6.07) is 7.06. The number of benzene rings is 1. The summed E-state index contributed by atoms with van der Waals surface area (Å²) in [5.41, 5.74) is 7.25. The minimum atomic E-state index is -1.08. The standard InChI is InChI=1S/C36H55N9O3/c37-31(35(47)48)18-19-33(46)44-23-20-28(21-24-44)39-34-30-16-10-11-17-32(30)40-36(41-34)38-25-29-26-45(43-42-29)22-12-5-3-1-2-4-7-13-27-14-8-6-9-15-27/h10-11,16-17,26-28,31H,1-9,12-15,18-25,37H2,(H,47,48)(H2,38,39,40,41)/t31-/m0/s1. The molecule has 5 N–H and O–H groups in total. The minimum absolute atomic E-state index is 0.0496. The Balaban J connectivity index is 1.02. The highest BCUT2D eigenvalue weighted by molar-refractivity contribution is 5.90. The minimum Gasteiger partial charge on any atom is -0.480 e. The number of unbranched alkanes of at least 4 members (excludes halogenated alkanes) is 6. The topological polar surface area (TPSA) is 164 Å². The van der Waals surface area contributed by atoms with Gasteiger partial charge in [-0.05, 0) is 43.7 Å². The van der Waals surface area contributed by atoms with Crippen molar-refractivity contribution in [2.45, 2.75) is 134 Å². The number of fused-ring (bicyclic) bond motifs is 1. The number of aryl methyl sites for hydroxylation is 1. The van der Waals surface area contributed by atoms with Gasteiger partial charge in [0.2, 0.25) is 11.9 Å². The van der Waals surface area contributed by atoms with Crippen LogP contribution in [0, 0.1) is 5.92 Å². The molecule has 2 fully saturated rings. The van der Waals surface area contributed by atoms with Gasteiger partial charge in [0.15, 0.2) is 0 Å². The van der Waals surface area contributed by atoms with Crippen LogP contribution in [0.5, 0.6) is 0 Å². The molecule has 1 saturated heterocycles. The SMILES string of the molecule is N[C@@H](CCC(=O)N1CCC(Nc2nc(NCc3cn(CCCCCCCCCC4CCCCC4)nn3)nc3ccccc23)CC1)C(=O)O. The number of piperidine rings is 1. The van der Waals surface area contributed by atoms with Gasteiger partial charge in [0, 0.05) is 37.5 Å². The summed E-state index contributed by atoms with van der Waals surface area (Å²) in [5.74, 6) is 1.17. The summed E-state index contributed by atoms with van der Waals surface area (Å²) in [6.07, 6.45) is 21.8. The number of nitrogens with one attached hydrogen (secondary N) is 2. The monoisotopic (exact) mass is 661 g/mol. The number of nitrogens with zero attached hydrogens (tertiary/aromatic N) is 6. The van der Waals surface area contributed by atoms with Crippen molar-refractivity contribution < 1.29 is 14.7 Å². The van der Waals surface area contributed by atoms with E-state index in [9.17, 15) is 9.59 Å². The summed E-state index contributed by atoms with van der Waals surface area (Å²) in [6.45, 7) is 2.56. The highest BCUT2D eigenvalue weighted by atomic mass is 16.4. The number of anilines is 2. The number of para-hydroxylation sites is 1. The second-order valence-electron chi connectivity index (χ2n) is 13.8. The predicted octanol–water partition coefficient (Wildman–Crippen LogP) is 6.13. The fourth-order valence-corrected chi connectivity index (χ4v) is 7.06. The first kappa shape index (κ1) is 35.5. The lowest BCUT2D eigenvalue weighted by atomic mass is 9.85. The zero-order chi connectivity index (χ0) is 33.6. The summed E-state index contributed by atoms with van der Waals surface area (Å²) in [4.78, 5) is 34.9. The number of aliphatic carboxylic acids is 1. The largest absolute Gasteiger partial charge is 0.480 e. The molecule has 12 nitrogen and oxygen atoms in total. The van der Waals surface area contributed by atoms with E-state index in [0.29, 0.717) is 25.6 Å². The van der Waals surface area contributed by atoms with Crippen LogP contribution in [0.1, 0.15) is 115 Å². The van der Waals surface area contributed by atoms with Crippen LogP contribution in [0.4, 0.5) is 11.8 Å². The maximum Gasteiger partial charge on any atom is 0.320 e. The highest BCUT2D eigenvalue weighted by Gasteiger charge is 2.25. The lowest BCUT2D eigenvalue weighted by molar-refractivity contribution is -0.139. The number of hydrogen-bond acceptors (Lipinski definition) is 9. The van der Waals surface area contributed by atoms with E-state index in [1.165, 1.54) is 77.0 Å². The van der Waals surface area contributed by atoms with E-state index >= 15 is 0 Å². The molecule has 3 aromatic rings. The van der Waals surface area contributed by atoms with E-state index in [1.54, 1.807) is 4.90 Å². The Kier molecular flexibility index (Phi) is 13.8. The molecular weight excluding hydrogens is 606 g/mol. The van der Waals surface area contributed by atoms with Crippen molar-refractivity contribution in [1.29, 1.82) is 0 Å². The second kappa shape index (κ2) is 18.7. The number of aromatic nitrogens is 5. The number of carboxylic acids is 1. The molecule has 5 rings (SSSR count). The summed E-state index contributed by atoms with van der Waals surface area (Å²) < 4.78 is 1.94. The fourth-order valence-electron chi connectivity index (χ4n) is 7.06. The molecule has 0 bridgehead atoms. The van der Waals surface area contributed by atoms with Gasteiger partial charge in [-0.25, -0.2) is 4.98 Å². The van der Waals surface area contributed by atoms with Crippen molar-refractivity contribution in [3.05, 3.63) is 36.2 Å². The molecule has 1 saturated carbocycles.